The van der Waals surface area contributed by atoms with Gasteiger partial charge in [-0.25, -0.2) is 0 Å². The van der Waals surface area contributed by atoms with Crippen molar-refractivity contribution in [2.75, 3.05) is 19.6 Å². The van der Waals surface area contributed by atoms with E-state index in [1.54, 1.807) is 0 Å². The van der Waals surface area contributed by atoms with E-state index < -0.39 is 5.60 Å². The second-order valence-corrected chi connectivity index (χ2v) is 8.47. The molecule has 2 nitrogen and oxygen atoms in total. The first-order valence-electron chi connectivity index (χ1n) is 10.1. The molecule has 0 aliphatic carbocycles. The van der Waals surface area contributed by atoms with Crippen LogP contribution in [0.25, 0.3) is 0 Å². The lowest BCUT2D eigenvalue weighted by Crippen LogP contribution is -2.55. The summed E-state index contributed by atoms with van der Waals surface area (Å²) >= 11 is 0. The Morgan fingerprint density at radius 1 is 1.04 bits per heavy atom. The van der Waals surface area contributed by atoms with Crippen molar-refractivity contribution in [2.24, 2.45) is 11.8 Å². The third-order valence-electron chi connectivity index (χ3n) is 6.77. The predicted octanol–water partition coefficient (Wildman–Crippen LogP) is 4.47. The largest absolute Gasteiger partial charge is 0.385 e. The number of hydrogen-bond donors (Lipinski definition) is 1. The molecule has 2 heteroatoms. The summed E-state index contributed by atoms with van der Waals surface area (Å²) in [6, 6.07) is 17.2. The van der Waals surface area contributed by atoms with Crippen molar-refractivity contribution >= 4 is 0 Å². The van der Waals surface area contributed by atoms with Crippen molar-refractivity contribution in [3.05, 3.63) is 70.8 Å². The van der Waals surface area contributed by atoms with Gasteiger partial charge in [0.25, 0.3) is 0 Å². The summed E-state index contributed by atoms with van der Waals surface area (Å²) in [5, 5.41) is 12.2. The number of nitrogens with zero attached hydrogens (tertiary/aromatic N) is 1. The van der Waals surface area contributed by atoms with Crippen LogP contribution in [0.5, 0.6) is 0 Å². The van der Waals surface area contributed by atoms with E-state index in [-0.39, 0.29) is 0 Å². The molecule has 3 saturated heterocycles. The number of aryl methyl sites for hydroxylation is 3. The van der Waals surface area contributed by atoms with Crippen molar-refractivity contribution in [3.63, 3.8) is 0 Å². The number of rotatable bonds is 5. The Balaban J connectivity index is 1.69. The highest BCUT2D eigenvalue weighted by Crippen LogP contribution is 2.46. The Bertz CT molecular complexity index is 748. The molecule has 3 heterocycles. The number of benzene rings is 2. The molecule has 138 valence electrons. The third-order valence-corrected chi connectivity index (χ3v) is 6.77. The molecule has 2 bridgehead atoms. The van der Waals surface area contributed by atoms with Gasteiger partial charge in [-0.15, -0.1) is 0 Å². The highest BCUT2D eigenvalue weighted by molar-refractivity contribution is 5.36. The number of aliphatic hydroxyl groups is 1. The van der Waals surface area contributed by atoms with Crippen LogP contribution in [0.2, 0.25) is 0 Å². The highest BCUT2D eigenvalue weighted by atomic mass is 16.3. The first-order valence-corrected chi connectivity index (χ1v) is 10.1. The van der Waals surface area contributed by atoms with Crippen LogP contribution in [0.15, 0.2) is 48.5 Å². The van der Waals surface area contributed by atoms with E-state index in [9.17, 15) is 5.11 Å². The standard InChI is InChI=1S/C24H31NO/c1-18-8-9-19(2)22(16-18)24(26,13-10-20-6-4-3-5-7-20)23-17-25-14-11-21(23)12-15-25/h3-9,16,21,23,26H,10-15,17H2,1-2H3. The molecule has 0 aromatic heterocycles. The van der Waals surface area contributed by atoms with Gasteiger partial charge in [0.2, 0.25) is 0 Å². The topological polar surface area (TPSA) is 23.5 Å². The van der Waals surface area contributed by atoms with Gasteiger partial charge in [0, 0.05) is 12.5 Å². The summed E-state index contributed by atoms with van der Waals surface area (Å²) in [4.78, 5) is 2.56. The first-order chi connectivity index (χ1) is 12.6. The minimum Gasteiger partial charge on any atom is -0.385 e. The molecule has 3 aliphatic heterocycles. The van der Waals surface area contributed by atoms with Crippen LogP contribution in [0.4, 0.5) is 0 Å². The maximum atomic E-state index is 12.2. The average Bonchev–Trinajstić information content (AvgIpc) is 2.69. The quantitative estimate of drug-likeness (QED) is 0.861. The van der Waals surface area contributed by atoms with Crippen LogP contribution < -0.4 is 0 Å². The molecule has 3 fully saturated rings. The van der Waals surface area contributed by atoms with Crippen molar-refractivity contribution in [2.45, 2.75) is 45.1 Å². The zero-order valence-corrected chi connectivity index (χ0v) is 16.1. The van der Waals surface area contributed by atoms with Crippen LogP contribution in [-0.4, -0.2) is 29.6 Å². The Morgan fingerprint density at radius 2 is 1.77 bits per heavy atom. The first kappa shape index (κ1) is 17.8. The van der Waals surface area contributed by atoms with E-state index in [4.69, 9.17) is 0 Å². The number of hydrogen-bond acceptors (Lipinski definition) is 2. The molecular weight excluding hydrogens is 318 g/mol. The molecule has 0 radical (unpaired) electrons. The Hall–Kier alpha value is -1.64. The van der Waals surface area contributed by atoms with E-state index in [1.807, 2.05) is 0 Å². The fourth-order valence-corrected chi connectivity index (χ4v) is 5.21. The second-order valence-electron chi connectivity index (χ2n) is 8.47. The molecule has 0 spiro atoms. The van der Waals surface area contributed by atoms with Crippen LogP contribution in [0, 0.1) is 25.7 Å². The van der Waals surface area contributed by atoms with Gasteiger partial charge in [-0.1, -0.05) is 54.1 Å². The molecule has 2 aromatic rings. The fourth-order valence-electron chi connectivity index (χ4n) is 5.21. The summed E-state index contributed by atoms with van der Waals surface area (Å²) < 4.78 is 0. The van der Waals surface area contributed by atoms with Crippen molar-refractivity contribution < 1.29 is 5.11 Å². The van der Waals surface area contributed by atoms with Crippen LogP contribution >= 0.6 is 0 Å². The summed E-state index contributed by atoms with van der Waals surface area (Å²) in [6.07, 6.45) is 4.20. The Kier molecular flexibility index (Phi) is 4.90. The van der Waals surface area contributed by atoms with E-state index in [0.29, 0.717) is 11.8 Å². The lowest BCUT2D eigenvalue weighted by molar-refractivity contribution is -0.106. The second kappa shape index (κ2) is 7.17. The molecule has 0 amide bonds. The molecule has 2 atom stereocenters. The average molecular weight is 350 g/mol. The van der Waals surface area contributed by atoms with Crippen LogP contribution in [-0.2, 0) is 12.0 Å². The molecule has 0 saturated carbocycles. The maximum absolute atomic E-state index is 12.2. The SMILES string of the molecule is Cc1ccc(C)c(C(O)(CCc2ccccc2)C2CN3CCC2CC3)c1. The highest BCUT2D eigenvalue weighted by Gasteiger charge is 2.47. The van der Waals surface area contributed by atoms with Gasteiger partial charge in [-0.3, -0.25) is 0 Å². The predicted molar refractivity (Wildman–Crippen MR) is 107 cm³/mol. The Labute approximate surface area is 157 Å². The number of fused-ring (bicyclic) bond motifs is 3. The van der Waals surface area contributed by atoms with Gasteiger partial charge in [-0.2, -0.15) is 0 Å². The normalized spacial score (nSPS) is 27.3. The molecule has 2 unspecified atom stereocenters. The van der Waals surface area contributed by atoms with Crippen LogP contribution in [0.3, 0.4) is 0 Å². The van der Waals surface area contributed by atoms with Gasteiger partial charge >= 0.3 is 0 Å². The molecule has 26 heavy (non-hydrogen) atoms. The third kappa shape index (κ3) is 3.33. The van der Waals surface area contributed by atoms with E-state index in [0.717, 1.165) is 24.9 Å². The maximum Gasteiger partial charge on any atom is 0.0945 e. The van der Waals surface area contributed by atoms with Gasteiger partial charge < -0.3 is 10.0 Å². The number of piperidine rings is 3. The van der Waals surface area contributed by atoms with Crippen LogP contribution in [0.1, 0.15) is 41.5 Å². The van der Waals surface area contributed by atoms with Gasteiger partial charge in [0.05, 0.1) is 5.60 Å². The lowest BCUT2D eigenvalue weighted by atomic mass is 9.65. The van der Waals surface area contributed by atoms with Crippen molar-refractivity contribution in [3.8, 4) is 0 Å². The fraction of sp³-hybridized carbons (Fsp3) is 0.500. The summed E-state index contributed by atoms with van der Waals surface area (Å²) in [5.41, 5.74) is 4.20. The van der Waals surface area contributed by atoms with Gasteiger partial charge in [0.1, 0.15) is 0 Å². The van der Waals surface area contributed by atoms with E-state index in [2.05, 4.69) is 67.3 Å². The van der Waals surface area contributed by atoms with Crippen molar-refractivity contribution in [1.82, 2.24) is 4.90 Å². The Morgan fingerprint density at radius 3 is 2.42 bits per heavy atom. The molecule has 5 rings (SSSR count). The zero-order valence-electron chi connectivity index (χ0n) is 16.1. The summed E-state index contributed by atoms with van der Waals surface area (Å²) in [7, 11) is 0. The summed E-state index contributed by atoms with van der Waals surface area (Å²) in [5.74, 6) is 0.995. The molecule has 1 N–H and O–H groups in total. The lowest BCUT2D eigenvalue weighted by Gasteiger charge is -2.51. The van der Waals surface area contributed by atoms with Gasteiger partial charge in [0.15, 0.2) is 0 Å². The molecular formula is C24H31NO. The van der Waals surface area contributed by atoms with Gasteiger partial charge in [-0.05, 0) is 75.2 Å². The zero-order chi connectivity index (χ0) is 18.1. The smallest absolute Gasteiger partial charge is 0.0945 e. The summed E-state index contributed by atoms with van der Waals surface area (Å²) in [6.45, 7) is 7.76. The molecule has 2 aromatic carbocycles. The minimum absolute atomic E-state index is 0.342. The van der Waals surface area contributed by atoms with E-state index in [1.165, 1.54) is 42.6 Å². The van der Waals surface area contributed by atoms with Crippen molar-refractivity contribution in [1.29, 1.82) is 0 Å². The molecule has 3 aliphatic rings. The minimum atomic E-state index is -0.740. The monoisotopic (exact) mass is 349 g/mol. The van der Waals surface area contributed by atoms with E-state index >= 15 is 0 Å².